The van der Waals surface area contributed by atoms with E-state index in [4.69, 9.17) is 9.72 Å². The number of ether oxygens (including phenoxy) is 1. The summed E-state index contributed by atoms with van der Waals surface area (Å²) in [6.45, 7) is 0. The number of rotatable bonds is 7. The fourth-order valence-electron chi connectivity index (χ4n) is 2.88. The van der Waals surface area contributed by atoms with Crippen molar-refractivity contribution < 1.29 is 19.0 Å². The third kappa shape index (κ3) is 4.70. The van der Waals surface area contributed by atoms with Gasteiger partial charge < -0.3 is 14.6 Å². The number of carbonyl (C=O) groups is 1. The van der Waals surface area contributed by atoms with Crippen LogP contribution in [0.5, 0.6) is 5.75 Å². The van der Waals surface area contributed by atoms with Gasteiger partial charge in [0, 0.05) is 17.5 Å². The number of thiazole rings is 1. The van der Waals surface area contributed by atoms with Crippen LogP contribution in [-0.2, 0) is 0 Å². The Labute approximate surface area is 186 Å². The number of aromatic carboxylic acids is 1. The summed E-state index contributed by atoms with van der Waals surface area (Å²) in [5.74, 6) is -0.897. The Balaban J connectivity index is 1.67. The van der Waals surface area contributed by atoms with Gasteiger partial charge in [-0.3, -0.25) is 0 Å². The largest absolute Gasteiger partial charge is 0.495 e. The molecule has 8 heteroatoms. The van der Waals surface area contributed by atoms with Crippen LogP contribution < -0.4 is 9.46 Å². The van der Waals surface area contributed by atoms with Crippen LogP contribution >= 0.6 is 23.3 Å². The van der Waals surface area contributed by atoms with Crippen LogP contribution in [-0.4, -0.2) is 23.2 Å². The van der Waals surface area contributed by atoms with Gasteiger partial charge in [0.2, 0.25) is 0 Å². The van der Waals surface area contributed by atoms with Crippen LogP contribution in [0.25, 0.3) is 21.0 Å². The van der Waals surface area contributed by atoms with Crippen molar-refractivity contribution in [2.75, 3.05) is 11.8 Å². The molecule has 0 unspecified atom stereocenters. The normalized spacial score (nSPS) is 10.6. The lowest BCUT2D eigenvalue weighted by atomic mass is 10.2. The number of anilines is 1. The standard InChI is InChI=1S/C23H17FN2O3S2/c1-29-19-13-16(23(27)28)9-12-18(19)26-31-22-20(14-5-3-2-4-6-14)30-21(25-22)15-7-10-17(24)11-8-15/h2-13,26H,1H3,(H,27,28). The van der Waals surface area contributed by atoms with Gasteiger partial charge in [0.1, 0.15) is 21.6 Å². The van der Waals surface area contributed by atoms with E-state index in [2.05, 4.69) is 4.72 Å². The number of nitrogens with zero attached hydrogens (tertiary/aromatic N) is 1. The zero-order chi connectivity index (χ0) is 21.8. The number of methoxy groups -OCH3 is 1. The van der Waals surface area contributed by atoms with Gasteiger partial charge in [-0.15, -0.1) is 11.3 Å². The number of carboxylic acid groups (broad SMARTS) is 1. The van der Waals surface area contributed by atoms with Gasteiger partial charge >= 0.3 is 5.97 Å². The quantitative estimate of drug-likeness (QED) is 0.314. The fourth-order valence-corrected chi connectivity index (χ4v) is 4.88. The summed E-state index contributed by atoms with van der Waals surface area (Å²) in [5.41, 5.74) is 2.63. The summed E-state index contributed by atoms with van der Waals surface area (Å²) in [4.78, 5) is 16.9. The molecule has 0 radical (unpaired) electrons. The van der Waals surface area contributed by atoms with E-state index >= 15 is 0 Å². The summed E-state index contributed by atoms with van der Waals surface area (Å²) < 4.78 is 21.9. The molecule has 0 bridgehead atoms. The second-order valence-electron chi connectivity index (χ2n) is 6.45. The molecule has 1 aromatic heterocycles. The van der Waals surface area contributed by atoms with Gasteiger partial charge in [0.15, 0.2) is 0 Å². The molecule has 31 heavy (non-hydrogen) atoms. The smallest absolute Gasteiger partial charge is 0.335 e. The fraction of sp³-hybridized carbons (Fsp3) is 0.0435. The number of halogens is 1. The van der Waals surface area contributed by atoms with E-state index in [-0.39, 0.29) is 11.4 Å². The molecule has 0 aliphatic rings. The minimum Gasteiger partial charge on any atom is -0.495 e. The summed E-state index contributed by atoms with van der Waals surface area (Å²) >= 11 is 2.82. The first kappa shape index (κ1) is 20.9. The van der Waals surface area contributed by atoms with Crippen molar-refractivity contribution in [3.05, 3.63) is 84.2 Å². The molecular formula is C23H17FN2O3S2. The van der Waals surface area contributed by atoms with Crippen LogP contribution in [0.3, 0.4) is 0 Å². The maximum absolute atomic E-state index is 13.3. The zero-order valence-corrected chi connectivity index (χ0v) is 18.0. The summed E-state index contributed by atoms with van der Waals surface area (Å²) in [5, 5.41) is 10.7. The molecule has 0 saturated carbocycles. The molecule has 3 aromatic carbocycles. The highest BCUT2D eigenvalue weighted by Crippen LogP contribution is 2.41. The topological polar surface area (TPSA) is 71.5 Å². The molecule has 2 N–H and O–H groups in total. The molecule has 5 nitrogen and oxygen atoms in total. The Morgan fingerprint density at radius 1 is 1.06 bits per heavy atom. The van der Waals surface area contributed by atoms with Crippen molar-refractivity contribution >= 4 is 34.9 Å². The van der Waals surface area contributed by atoms with Crippen LogP contribution in [0, 0.1) is 5.82 Å². The highest BCUT2D eigenvalue weighted by atomic mass is 32.2. The SMILES string of the molecule is COc1cc(C(=O)O)ccc1NSc1nc(-c2ccc(F)cc2)sc1-c1ccccc1. The van der Waals surface area contributed by atoms with Gasteiger partial charge in [0.25, 0.3) is 0 Å². The predicted molar refractivity (Wildman–Crippen MR) is 122 cm³/mol. The molecular weight excluding hydrogens is 435 g/mol. The lowest BCUT2D eigenvalue weighted by Gasteiger charge is -2.11. The van der Waals surface area contributed by atoms with Gasteiger partial charge in [-0.05, 0) is 48.0 Å². The second-order valence-corrected chi connectivity index (χ2v) is 8.24. The summed E-state index contributed by atoms with van der Waals surface area (Å²) in [7, 11) is 1.49. The zero-order valence-electron chi connectivity index (χ0n) is 16.3. The lowest BCUT2D eigenvalue weighted by molar-refractivity contribution is 0.0696. The average Bonchev–Trinajstić information content (AvgIpc) is 3.22. The summed E-state index contributed by atoms with van der Waals surface area (Å²) in [6, 6.07) is 20.8. The minimum absolute atomic E-state index is 0.143. The highest BCUT2D eigenvalue weighted by Gasteiger charge is 2.17. The number of hydrogen-bond acceptors (Lipinski definition) is 6. The Bertz CT molecular complexity index is 1210. The van der Waals surface area contributed by atoms with Gasteiger partial charge in [-0.25, -0.2) is 14.2 Å². The van der Waals surface area contributed by atoms with E-state index in [1.807, 2.05) is 30.3 Å². The highest BCUT2D eigenvalue weighted by molar-refractivity contribution is 8.00. The molecule has 4 aromatic rings. The predicted octanol–water partition coefficient (Wildman–Crippen LogP) is 6.44. The molecule has 0 fully saturated rings. The molecule has 156 valence electrons. The van der Waals surface area contributed by atoms with E-state index in [1.165, 1.54) is 54.7 Å². The Morgan fingerprint density at radius 3 is 2.48 bits per heavy atom. The van der Waals surface area contributed by atoms with Crippen molar-refractivity contribution in [3.8, 4) is 26.8 Å². The van der Waals surface area contributed by atoms with Crippen molar-refractivity contribution in [1.29, 1.82) is 0 Å². The molecule has 4 rings (SSSR count). The maximum Gasteiger partial charge on any atom is 0.335 e. The Kier molecular flexibility index (Phi) is 6.20. The number of hydrogen-bond donors (Lipinski definition) is 2. The van der Waals surface area contributed by atoms with E-state index in [0.29, 0.717) is 11.4 Å². The number of benzene rings is 3. The molecule has 0 aliphatic heterocycles. The van der Waals surface area contributed by atoms with Gasteiger partial charge in [-0.1, -0.05) is 30.3 Å². The number of carboxylic acids is 1. The third-order valence-electron chi connectivity index (χ3n) is 4.43. The summed E-state index contributed by atoms with van der Waals surface area (Å²) in [6.07, 6.45) is 0. The van der Waals surface area contributed by atoms with Crippen molar-refractivity contribution in [1.82, 2.24) is 4.98 Å². The van der Waals surface area contributed by atoms with Crippen LogP contribution in [0.15, 0.2) is 77.8 Å². The van der Waals surface area contributed by atoms with E-state index in [9.17, 15) is 14.3 Å². The molecule has 0 saturated heterocycles. The monoisotopic (exact) mass is 452 g/mol. The maximum atomic E-state index is 13.3. The first-order valence-corrected chi connectivity index (χ1v) is 10.8. The first-order chi connectivity index (χ1) is 15.0. The Hall–Kier alpha value is -3.36. The lowest BCUT2D eigenvalue weighted by Crippen LogP contribution is -1.99. The van der Waals surface area contributed by atoms with E-state index < -0.39 is 5.97 Å². The van der Waals surface area contributed by atoms with E-state index in [0.717, 1.165) is 26.0 Å². The minimum atomic E-state index is -1.02. The van der Waals surface area contributed by atoms with Crippen LogP contribution in [0.2, 0.25) is 0 Å². The van der Waals surface area contributed by atoms with Gasteiger partial charge in [-0.2, -0.15) is 0 Å². The van der Waals surface area contributed by atoms with Crippen molar-refractivity contribution in [2.24, 2.45) is 0 Å². The number of aromatic nitrogens is 1. The van der Waals surface area contributed by atoms with Crippen molar-refractivity contribution in [3.63, 3.8) is 0 Å². The second kappa shape index (κ2) is 9.20. The Morgan fingerprint density at radius 2 is 1.81 bits per heavy atom. The average molecular weight is 453 g/mol. The van der Waals surface area contributed by atoms with Crippen LogP contribution in [0.1, 0.15) is 10.4 Å². The molecule has 0 amide bonds. The van der Waals surface area contributed by atoms with Gasteiger partial charge in [0.05, 0.1) is 23.2 Å². The molecule has 0 atom stereocenters. The molecule has 0 aliphatic carbocycles. The van der Waals surface area contributed by atoms with Crippen LogP contribution in [0.4, 0.5) is 10.1 Å². The first-order valence-electron chi connectivity index (χ1n) is 9.21. The van der Waals surface area contributed by atoms with Crippen molar-refractivity contribution in [2.45, 2.75) is 5.03 Å². The molecule has 1 heterocycles. The van der Waals surface area contributed by atoms with E-state index in [1.54, 1.807) is 18.2 Å². The molecule has 0 spiro atoms. The third-order valence-corrected chi connectivity index (χ3v) is 6.52. The number of nitrogens with one attached hydrogen (secondary N) is 1.